The van der Waals surface area contributed by atoms with Gasteiger partial charge in [0.2, 0.25) is 0 Å². The van der Waals surface area contributed by atoms with Crippen LogP contribution < -0.4 is 20.2 Å². The first kappa shape index (κ1) is 20.1. The van der Waals surface area contributed by atoms with Crippen molar-refractivity contribution in [2.75, 3.05) is 41.0 Å². The molecule has 6 nitrogen and oxygen atoms in total. The minimum atomic E-state index is 0.0721. The maximum absolute atomic E-state index is 13.4. The Balaban J connectivity index is 1.21. The fourth-order valence-electron chi connectivity index (χ4n) is 5.15. The summed E-state index contributed by atoms with van der Waals surface area (Å²) in [6.45, 7) is 5.02. The Hall–Kier alpha value is -3.48. The second-order valence-electron chi connectivity index (χ2n) is 8.94. The van der Waals surface area contributed by atoms with Crippen molar-refractivity contribution in [3.05, 3.63) is 108 Å². The van der Waals surface area contributed by atoms with Crippen LogP contribution >= 0.6 is 0 Å². The molecule has 1 unspecified atom stereocenters. The van der Waals surface area contributed by atoms with Gasteiger partial charge in [0.15, 0.2) is 0 Å². The lowest BCUT2D eigenvalue weighted by Gasteiger charge is -2.45. The summed E-state index contributed by atoms with van der Waals surface area (Å²) in [6.07, 6.45) is 13.1. The highest BCUT2D eigenvalue weighted by molar-refractivity contribution is 5.84. The molecule has 6 rings (SSSR count). The Morgan fingerprint density at radius 2 is 1.79 bits per heavy atom. The van der Waals surface area contributed by atoms with Crippen molar-refractivity contribution in [1.29, 1.82) is 0 Å². The largest absolute Gasteiger partial charge is 0.754 e. The average Bonchev–Trinajstić information content (AvgIpc) is 3.35. The SMILES string of the molecule is [O-]N1C(C2C=CC=CC2)=C2NC=CN2c2cc(N3CCN(Cc4ccccc4)CC3)ccc21. The Bertz CT molecular complexity index is 1140. The number of hydrogen-bond acceptors (Lipinski definition) is 6. The molecule has 0 radical (unpaired) electrons. The monoisotopic (exact) mass is 438 g/mol. The van der Waals surface area contributed by atoms with E-state index in [1.165, 1.54) is 11.3 Å². The first-order chi connectivity index (χ1) is 16.3. The van der Waals surface area contributed by atoms with E-state index in [1.54, 1.807) is 0 Å². The molecule has 0 saturated carbocycles. The van der Waals surface area contributed by atoms with E-state index in [0.29, 0.717) is 5.69 Å². The van der Waals surface area contributed by atoms with Gasteiger partial charge >= 0.3 is 0 Å². The van der Waals surface area contributed by atoms with Crippen LogP contribution in [0.1, 0.15) is 12.0 Å². The van der Waals surface area contributed by atoms with E-state index in [0.717, 1.165) is 61.4 Å². The Morgan fingerprint density at radius 3 is 2.58 bits per heavy atom. The summed E-state index contributed by atoms with van der Waals surface area (Å²) in [5.41, 5.74) is 4.95. The van der Waals surface area contributed by atoms with Crippen LogP contribution in [-0.4, -0.2) is 31.1 Å². The number of benzene rings is 2. The van der Waals surface area contributed by atoms with E-state index < -0.39 is 0 Å². The molecule has 1 saturated heterocycles. The maximum Gasteiger partial charge on any atom is 0.134 e. The van der Waals surface area contributed by atoms with E-state index >= 15 is 0 Å². The topological polar surface area (TPSA) is 48.1 Å². The van der Waals surface area contributed by atoms with Crippen LogP contribution in [-0.2, 0) is 6.54 Å². The van der Waals surface area contributed by atoms with E-state index in [2.05, 4.69) is 74.6 Å². The highest BCUT2D eigenvalue weighted by Crippen LogP contribution is 2.45. The molecule has 1 N–H and O–H groups in total. The third-order valence-corrected chi connectivity index (χ3v) is 6.90. The number of fused-ring (bicyclic) bond motifs is 3. The van der Waals surface area contributed by atoms with Crippen LogP contribution in [0.4, 0.5) is 17.1 Å². The van der Waals surface area contributed by atoms with Gasteiger partial charge in [-0.2, -0.15) is 0 Å². The molecule has 2 aromatic carbocycles. The number of anilines is 3. The number of rotatable bonds is 4. The van der Waals surface area contributed by atoms with Crippen LogP contribution in [0, 0.1) is 11.1 Å². The molecule has 3 aliphatic heterocycles. The van der Waals surface area contributed by atoms with Crippen LogP contribution in [0.5, 0.6) is 0 Å². The van der Waals surface area contributed by atoms with Crippen molar-refractivity contribution >= 4 is 17.1 Å². The van der Waals surface area contributed by atoms with E-state index in [-0.39, 0.29) is 5.92 Å². The molecule has 4 aliphatic rings. The summed E-state index contributed by atoms with van der Waals surface area (Å²) in [4.78, 5) is 7.06. The van der Waals surface area contributed by atoms with Gasteiger partial charge in [0, 0.05) is 56.7 Å². The summed E-state index contributed by atoms with van der Waals surface area (Å²) in [6, 6.07) is 16.9. The number of piperazine rings is 1. The molecule has 2 aromatic rings. The molecule has 1 aliphatic carbocycles. The van der Waals surface area contributed by atoms with Gasteiger partial charge in [-0.15, -0.1) is 0 Å². The molecule has 0 spiro atoms. The van der Waals surface area contributed by atoms with Gasteiger partial charge < -0.3 is 20.5 Å². The molecule has 168 valence electrons. The van der Waals surface area contributed by atoms with Gasteiger partial charge in [-0.1, -0.05) is 54.6 Å². The van der Waals surface area contributed by atoms with Crippen molar-refractivity contribution in [3.63, 3.8) is 0 Å². The predicted molar refractivity (Wildman–Crippen MR) is 134 cm³/mol. The second kappa shape index (κ2) is 8.46. The van der Waals surface area contributed by atoms with Gasteiger partial charge in [-0.3, -0.25) is 9.80 Å². The molecule has 0 amide bonds. The third-order valence-electron chi connectivity index (χ3n) is 6.90. The lowest BCUT2D eigenvalue weighted by Crippen LogP contribution is -2.46. The number of nitrogens with one attached hydrogen (secondary N) is 1. The minimum absolute atomic E-state index is 0.0721. The van der Waals surface area contributed by atoms with Gasteiger partial charge in [0.1, 0.15) is 5.82 Å². The smallest absolute Gasteiger partial charge is 0.134 e. The van der Waals surface area contributed by atoms with E-state index in [9.17, 15) is 5.21 Å². The summed E-state index contributed by atoms with van der Waals surface area (Å²) in [5.74, 6) is 0.940. The number of hydroxylamine groups is 1. The molecule has 3 heterocycles. The normalized spacial score (nSPS) is 22.0. The van der Waals surface area contributed by atoms with Gasteiger partial charge in [-0.25, -0.2) is 0 Å². The van der Waals surface area contributed by atoms with Crippen molar-refractivity contribution < 1.29 is 0 Å². The highest BCUT2D eigenvalue weighted by Gasteiger charge is 2.32. The highest BCUT2D eigenvalue weighted by atomic mass is 16.5. The summed E-state index contributed by atoms with van der Waals surface area (Å²) < 4.78 is 0. The minimum Gasteiger partial charge on any atom is -0.754 e. The standard InChI is InChI=1S/C27H28N5O/c33-32-24-12-11-23(30-17-15-29(16-18-30)20-21-7-3-1-4-8-21)19-25(24)31-14-13-28-27(31)26(32)22-9-5-2-6-10-22/h1-9,11-14,19,22,28H,10,15-18,20H2/q-1. The molecule has 1 fully saturated rings. The van der Waals surface area contributed by atoms with E-state index in [4.69, 9.17) is 0 Å². The Labute approximate surface area is 195 Å². The van der Waals surface area contributed by atoms with Crippen molar-refractivity contribution in [2.45, 2.75) is 13.0 Å². The number of nitrogens with zero attached hydrogens (tertiary/aromatic N) is 4. The molecule has 6 heteroatoms. The van der Waals surface area contributed by atoms with E-state index in [1.807, 2.05) is 30.6 Å². The fourth-order valence-corrected chi connectivity index (χ4v) is 5.15. The summed E-state index contributed by atoms with van der Waals surface area (Å²) in [5, 5.41) is 17.9. The van der Waals surface area contributed by atoms with Crippen LogP contribution in [0.25, 0.3) is 0 Å². The van der Waals surface area contributed by atoms with Crippen LogP contribution in [0.2, 0.25) is 0 Å². The Kier molecular flexibility index (Phi) is 5.17. The van der Waals surface area contributed by atoms with Crippen LogP contribution in [0.15, 0.2) is 96.8 Å². The first-order valence-electron chi connectivity index (χ1n) is 11.7. The lowest BCUT2D eigenvalue weighted by atomic mass is 9.95. The number of allylic oxidation sites excluding steroid dienone is 4. The molecular weight excluding hydrogens is 410 g/mol. The zero-order valence-corrected chi connectivity index (χ0v) is 18.6. The lowest BCUT2D eigenvalue weighted by molar-refractivity contribution is 0.250. The maximum atomic E-state index is 13.4. The third kappa shape index (κ3) is 3.71. The van der Waals surface area contributed by atoms with Gasteiger partial charge in [0.05, 0.1) is 17.1 Å². The quantitative estimate of drug-likeness (QED) is 0.758. The van der Waals surface area contributed by atoms with Crippen molar-refractivity contribution in [3.8, 4) is 0 Å². The molecular formula is C27H28N5O-. The predicted octanol–water partition coefficient (Wildman–Crippen LogP) is 4.51. The fraction of sp³-hybridized carbons (Fsp3) is 0.259. The summed E-state index contributed by atoms with van der Waals surface area (Å²) >= 11 is 0. The molecule has 0 aromatic heterocycles. The zero-order valence-electron chi connectivity index (χ0n) is 18.6. The average molecular weight is 439 g/mol. The summed E-state index contributed by atoms with van der Waals surface area (Å²) in [7, 11) is 0. The zero-order chi connectivity index (χ0) is 22.2. The van der Waals surface area contributed by atoms with Crippen molar-refractivity contribution in [2.24, 2.45) is 5.92 Å². The number of hydrogen-bond donors (Lipinski definition) is 1. The Morgan fingerprint density at radius 1 is 0.939 bits per heavy atom. The van der Waals surface area contributed by atoms with Gasteiger partial charge in [0.25, 0.3) is 0 Å². The molecule has 0 bridgehead atoms. The first-order valence-corrected chi connectivity index (χ1v) is 11.7. The van der Waals surface area contributed by atoms with Crippen LogP contribution in [0.3, 0.4) is 0 Å². The second-order valence-corrected chi connectivity index (χ2v) is 8.94. The van der Waals surface area contributed by atoms with Gasteiger partial charge in [-0.05, 0) is 30.2 Å². The van der Waals surface area contributed by atoms with Crippen molar-refractivity contribution in [1.82, 2.24) is 10.2 Å². The molecule has 33 heavy (non-hydrogen) atoms. The molecule has 1 atom stereocenters.